The number of carbonyl (C=O) groups excluding carboxylic acids is 1. The summed E-state index contributed by atoms with van der Waals surface area (Å²) < 4.78 is 5.33. The quantitative estimate of drug-likeness (QED) is 0.721. The molecule has 0 bridgehead atoms. The van der Waals surface area contributed by atoms with Crippen molar-refractivity contribution >= 4 is 6.09 Å². The lowest BCUT2D eigenvalue weighted by molar-refractivity contribution is 0.0217. The van der Waals surface area contributed by atoms with Crippen molar-refractivity contribution in [3.05, 3.63) is 0 Å². The second-order valence-corrected chi connectivity index (χ2v) is 5.24. The number of hydrogen-bond donors (Lipinski definition) is 1. The van der Waals surface area contributed by atoms with E-state index in [-0.39, 0.29) is 12.1 Å². The molecular weight excluding hydrogens is 192 g/mol. The maximum absolute atomic E-state index is 11.8. The first kappa shape index (κ1) is 12.3. The van der Waals surface area contributed by atoms with E-state index >= 15 is 0 Å². The molecule has 1 aliphatic rings. The van der Waals surface area contributed by atoms with Crippen molar-refractivity contribution in [1.82, 2.24) is 4.90 Å². The van der Waals surface area contributed by atoms with Crippen LogP contribution in [-0.4, -0.2) is 35.7 Å². The summed E-state index contributed by atoms with van der Waals surface area (Å²) in [7, 11) is 0. The second kappa shape index (κ2) is 4.39. The molecule has 1 rings (SSSR count). The predicted octanol–water partition coefficient (Wildman–Crippen LogP) is 1.59. The highest BCUT2D eigenvalue weighted by atomic mass is 16.6. The Bertz CT molecular complexity index is 235. The van der Waals surface area contributed by atoms with Crippen molar-refractivity contribution in [1.29, 1.82) is 0 Å². The average Bonchev–Trinajstić information content (AvgIpc) is 2.43. The van der Waals surface area contributed by atoms with E-state index in [1.807, 2.05) is 20.8 Å². The molecular formula is C11H22N2O2. The van der Waals surface area contributed by atoms with Gasteiger partial charge in [0.15, 0.2) is 0 Å². The van der Waals surface area contributed by atoms with Gasteiger partial charge in [-0.3, -0.25) is 0 Å². The van der Waals surface area contributed by atoms with E-state index in [2.05, 4.69) is 6.92 Å². The van der Waals surface area contributed by atoms with Crippen molar-refractivity contribution in [2.45, 2.75) is 45.8 Å². The molecule has 2 N–H and O–H groups in total. The molecule has 4 heteroatoms. The van der Waals surface area contributed by atoms with Crippen LogP contribution in [0.3, 0.4) is 0 Å². The molecule has 4 nitrogen and oxygen atoms in total. The molecule has 2 atom stereocenters. The Morgan fingerprint density at radius 1 is 1.53 bits per heavy atom. The van der Waals surface area contributed by atoms with Crippen LogP contribution in [0.4, 0.5) is 4.79 Å². The molecule has 0 radical (unpaired) electrons. The molecule has 0 spiro atoms. The summed E-state index contributed by atoms with van der Waals surface area (Å²) in [5.74, 6) is 0.475. The summed E-state index contributed by atoms with van der Waals surface area (Å²) in [6.07, 6.45) is 0.781. The lowest BCUT2D eigenvalue weighted by Gasteiger charge is -2.29. The van der Waals surface area contributed by atoms with Crippen molar-refractivity contribution in [3.8, 4) is 0 Å². The molecule has 1 saturated heterocycles. The number of likely N-dealkylation sites (tertiary alicyclic amines) is 1. The molecule has 1 amide bonds. The van der Waals surface area contributed by atoms with E-state index in [1.165, 1.54) is 0 Å². The number of ether oxygens (including phenoxy) is 1. The third kappa shape index (κ3) is 3.09. The van der Waals surface area contributed by atoms with E-state index in [0.29, 0.717) is 12.5 Å². The first-order valence-corrected chi connectivity index (χ1v) is 5.55. The van der Waals surface area contributed by atoms with Gasteiger partial charge in [0.25, 0.3) is 0 Å². The zero-order valence-corrected chi connectivity index (χ0v) is 10.1. The van der Waals surface area contributed by atoms with Crippen molar-refractivity contribution in [2.75, 3.05) is 13.1 Å². The van der Waals surface area contributed by atoms with E-state index in [9.17, 15) is 4.79 Å². The van der Waals surface area contributed by atoms with Gasteiger partial charge < -0.3 is 15.4 Å². The highest BCUT2D eigenvalue weighted by Crippen LogP contribution is 2.24. The molecule has 2 unspecified atom stereocenters. The third-order valence-electron chi connectivity index (χ3n) is 2.75. The highest BCUT2D eigenvalue weighted by Gasteiger charge is 2.35. The maximum atomic E-state index is 11.8. The zero-order chi connectivity index (χ0) is 11.6. The summed E-state index contributed by atoms with van der Waals surface area (Å²) in [4.78, 5) is 13.6. The molecule has 0 saturated carbocycles. The summed E-state index contributed by atoms with van der Waals surface area (Å²) in [5.41, 5.74) is 5.24. The SMILES string of the molecule is CC1CCN(C(=O)OC(C)(C)C)C1CN. The van der Waals surface area contributed by atoms with Gasteiger partial charge in [-0.05, 0) is 33.1 Å². The lowest BCUT2D eigenvalue weighted by atomic mass is 10.0. The molecule has 15 heavy (non-hydrogen) atoms. The molecule has 1 aliphatic heterocycles. The van der Waals surface area contributed by atoms with Gasteiger partial charge in [-0.1, -0.05) is 6.92 Å². The van der Waals surface area contributed by atoms with E-state index in [4.69, 9.17) is 10.5 Å². The van der Waals surface area contributed by atoms with Crippen molar-refractivity contribution in [3.63, 3.8) is 0 Å². The van der Waals surface area contributed by atoms with Crippen LogP contribution in [0.1, 0.15) is 34.1 Å². The minimum atomic E-state index is -0.429. The number of amides is 1. The van der Waals surface area contributed by atoms with Crippen LogP contribution >= 0.6 is 0 Å². The molecule has 0 aliphatic carbocycles. The van der Waals surface area contributed by atoms with Gasteiger partial charge in [0.2, 0.25) is 0 Å². The number of carbonyl (C=O) groups is 1. The summed E-state index contributed by atoms with van der Waals surface area (Å²) in [6.45, 7) is 9.03. The van der Waals surface area contributed by atoms with Crippen LogP contribution in [0, 0.1) is 5.92 Å². The fourth-order valence-corrected chi connectivity index (χ4v) is 1.91. The van der Waals surface area contributed by atoms with Crippen LogP contribution in [0.25, 0.3) is 0 Å². The first-order chi connectivity index (χ1) is 6.85. The Kier molecular flexibility index (Phi) is 3.60. The van der Waals surface area contributed by atoms with Crippen LogP contribution in [-0.2, 0) is 4.74 Å². The average molecular weight is 214 g/mol. The van der Waals surface area contributed by atoms with Gasteiger partial charge in [-0.25, -0.2) is 4.79 Å². The topological polar surface area (TPSA) is 55.6 Å². The van der Waals surface area contributed by atoms with Crippen LogP contribution in [0.2, 0.25) is 0 Å². The van der Waals surface area contributed by atoms with E-state index in [0.717, 1.165) is 13.0 Å². The van der Waals surface area contributed by atoms with Gasteiger partial charge in [0.05, 0.1) is 0 Å². The second-order valence-electron chi connectivity index (χ2n) is 5.24. The zero-order valence-electron chi connectivity index (χ0n) is 10.1. The highest BCUT2D eigenvalue weighted by molar-refractivity contribution is 5.69. The number of rotatable bonds is 1. The van der Waals surface area contributed by atoms with E-state index < -0.39 is 5.60 Å². The third-order valence-corrected chi connectivity index (χ3v) is 2.75. The summed E-state index contributed by atoms with van der Waals surface area (Å²) >= 11 is 0. The van der Waals surface area contributed by atoms with Gasteiger partial charge in [-0.2, -0.15) is 0 Å². The largest absolute Gasteiger partial charge is 0.444 e. The van der Waals surface area contributed by atoms with Gasteiger partial charge in [0.1, 0.15) is 5.60 Å². The standard InChI is InChI=1S/C11H22N2O2/c1-8-5-6-13(9(8)7-12)10(14)15-11(2,3)4/h8-9H,5-7,12H2,1-4H3. The monoisotopic (exact) mass is 214 g/mol. The summed E-state index contributed by atoms with van der Waals surface area (Å²) in [6, 6.07) is 0.139. The van der Waals surface area contributed by atoms with Gasteiger partial charge in [-0.15, -0.1) is 0 Å². The van der Waals surface area contributed by atoms with Gasteiger partial charge >= 0.3 is 6.09 Å². The Morgan fingerprint density at radius 2 is 2.13 bits per heavy atom. The smallest absolute Gasteiger partial charge is 0.410 e. The predicted molar refractivity (Wildman–Crippen MR) is 59.6 cm³/mol. The Labute approximate surface area is 91.8 Å². The van der Waals surface area contributed by atoms with Crippen molar-refractivity contribution < 1.29 is 9.53 Å². The Hall–Kier alpha value is -0.770. The fraction of sp³-hybridized carbons (Fsp3) is 0.909. The van der Waals surface area contributed by atoms with Gasteiger partial charge in [0, 0.05) is 19.1 Å². The van der Waals surface area contributed by atoms with Crippen LogP contribution < -0.4 is 5.73 Å². The lowest BCUT2D eigenvalue weighted by Crippen LogP contribution is -2.44. The maximum Gasteiger partial charge on any atom is 0.410 e. The molecule has 0 aromatic carbocycles. The fourth-order valence-electron chi connectivity index (χ4n) is 1.91. The van der Waals surface area contributed by atoms with E-state index in [1.54, 1.807) is 4.90 Å². The minimum Gasteiger partial charge on any atom is -0.444 e. The molecule has 1 heterocycles. The molecule has 1 fully saturated rings. The number of hydrogen-bond acceptors (Lipinski definition) is 3. The summed E-state index contributed by atoms with van der Waals surface area (Å²) in [5, 5.41) is 0. The van der Waals surface area contributed by atoms with Crippen LogP contribution in [0.5, 0.6) is 0 Å². The molecule has 0 aromatic rings. The van der Waals surface area contributed by atoms with Crippen LogP contribution in [0.15, 0.2) is 0 Å². The minimum absolute atomic E-state index is 0.139. The Morgan fingerprint density at radius 3 is 2.60 bits per heavy atom. The number of nitrogens with two attached hydrogens (primary N) is 1. The first-order valence-electron chi connectivity index (χ1n) is 5.55. The number of nitrogens with zero attached hydrogens (tertiary/aromatic N) is 1. The normalized spacial score (nSPS) is 26.9. The molecule has 0 aromatic heterocycles. The molecule has 88 valence electrons. The Balaban J connectivity index is 2.60. The van der Waals surface area contributed by atoms with Crippen molar-refractivity contribution in [2.24, 2.45) is 11.7 Å².